The first kappa shape index (κ1) is 11.3. The second-order valence-corrected chi connectivity index (χ2v) is 3.56. The molecule has 0 amide bonds. The summed E-state index contributed by atoms with van der Waals surface area (Å²) < 4.78 is 12.8. The van der Waals surface area contributed by atoms with Crippen LogP contribution < -0.4 is 5.32 Å². The summed E-state index contributed by atoms with van der Waals surface area (Å²) in [6, 6.07) is 2.45. The van der Waals surface area contributed by atoms with Gasteiger partial charge in [-0.05, 0) is 18.6 Å². The van der Waals surface area contributed by atoms with Gasteiger partial charge in [-0.2, -0.15) is 0 Å². The number of nitrogens with one attached hydrogen (secondary N) is 1. The van der Waals surface area contributed by atoms with Crippen molar-refractivity contribution >= 4 is 28.9 Å². The van der Waals surface area contributed by atoms with Crippen molar-refractivity contribution in [2.24, 2.45) is 0 Å². The van der Waals surface area contributed by atoms with Crippen LogP contribution in [0.1, 0.15) is 6.42 Å². The molecule has 0 fully saturated rings. The number of anilines is 1. The Morgan fingerprint density at radius 1 is 1.36 bits per heavy atom. The number of hydrogen-bond donors (Lipinski definition) is 1. The fourth-order valence-corrected chi connectivity index (χ4v) is 1.60. The highest BCUT2D eigenvalue weighted by Crippen LogP contribution is 2.31. The standard InChI is InChI=1S/C10H10Cl2FN/c1-2-3-4-14-10-8(11)5-7(13)6-9(10)12/h2,5-6,14H,1,3-4H2. The lowest BCUT2D eigenvalue weighted by molar-refractivity contribution is 0.628. The summed E-state index contributed by atoms with van der Waals surface area (Å²) in [5.41, 5.74) is 0.566. The minimum Gasteiger partial charge on any atom is -0.382 e. The molecule has 1 aromatic rings. The highest BCUT2D eigenvalue weighted by molar-refractivity contribution is 6.39. The molecule has 0 unspecified atom stereocenters. The molecule has 76 valence electrons. The smallest absolute Gasteiger partial charge is 0.126 e. The number of benzene rings is 1. The van der Waals surface area contributed by atoms with Gasteiger partial charge in [0, 0.05) is 6.54 Å². The molecule has 1 rings (SSSR count). The second-order valence-electron chi connectivity index (χ2n) is 2.75. The summed E-state index contributed by atoms with van der Waals surface area (Å²) in [4.78, 5) is 0. The van der Waals surface area contributed by atoms with Crippen LogP contribution in [0.4, 0.5) is 10.1 Å². The second kappa shape index (κ2) is 5.23. The molecule has 0 spiro atoms. The molecule has 0 radical (unpaired) electrons. The van der Waals surface area contributed by atoms with E-state index in [4.69, 9.17) is 23.2 Å². The van der Waals surface area contributed by atoms with Crippen LogP contribution in [-0.2, 0) is 0 Å². The highest BCUT2D eigenvalue weighted by atomic mass is 35.5. The molecule has 0 aliphatic rings. The molecular weight excluding hydrogens is 224 g/mol. The van der Waals surface area contributed by atoms with E-state index in [0.717, 1.165) is 6.42 Å². The predicted molar refractivity (Wildman–Crippen MR) is 59.7 cm³/mol. The van der Waals surface area contributed by atoms with Gasteiger partial charge in [-0.15, -0.1) is 6.58 Å². The lowest BCUT2D eigenvalue weighted by Gasteiger charge is -2.09. The van der Waals surface area contributed by atoms with E-state index in [1.807, 2.05) is 0 Å². The van der Waals surface area contributed by atoms with Crippen LogP contribution >= 0.6 is 23.2 Å². The minimum atomic E-state index is -0.436. The van der Waals surface area contributed by atoms with E-state index in [0.29, 0.717) is 22.3 Å². The zero-order valence-corrected chi connectivity index (χ0v) is 9.00. The molecule has 4 heteroatoms. The molecule has 0 aliphatic heterocycles. The van der Waals surface area contributed by atoms with Crippen LogP contribution in [0.5, 0.6) is 0 Å². The fourth-order valence-electron chi connectivity index (χ4n) is 1.01. The number of rotatable bonds is 4. The Bertz CT molecular complexity index is 316. The van der Waals surface area contributed by atoms with Crippen molar-refractivity contribution < 1.29 is 4.39 Å². The predicted octanol–water partition coefficient (Wildman–Crippen LogP) is 4.12. The Labute approximate surface area is 92.5 Å². The summed E-state index contributed by atoms with van der Waals surface area (Å²) in [6.45, 7) is 4.26. The monoisotopic (exact) mass is 233 g/mol. The lowest BCUT2D eigenvalue weighted by atomic mass is 10.3. The fraction of sp³-hybridized carbons (Fsp3) is 0.200. The van der Waals surface area contributed by atoms with Gasteiger partial charge in [-0.3, -0.25) is 0 Å². The molecular formula is C10H10Cl2FN. The molecule has 0 aliphatic carbocycles. The normalized spacial score (nSPS) is 9.93. The van der Waals surface area contributed by atoms with Gasteiger partial charge < -0.3 is 5.32 Å². The van der Waals surface area contributed by atoms with Crippen LogP contribution in [0.15, 0.2) is 24.8 Å². The zero-order valence-electron chi connectivity index (χ0n) is 7.49. The van der Waals surface area contributed by atoms with Crippen LogP contribution in [0.2, 0.25) is 10.0 Å². The molecule has 14 heavy (non-hydrogen) atoms. The first-order valence-corrected chi connectivity index (χ1v) is 4.90. The van der Waals surface area contributed by atoms with E-state index in [1.165, 1.54) is 12.1 Å². The Morgan fingerprint density at radius 3 is 2.43 bits per heavy atom. The molecule has 0 saturated heterocycles. The Morgan fingerprint density at radius 2 is 1.93 bits per heavy atom. The van der Waals surface area contributed by atoms with Crippen molar-refractivity contribution in [3.05, 3.63) is 40.7 Å². The van der Waals surface area contributed by atoms with Gasteiger partial charge in [-0.1, -0.05) is 29.3 Å². The van der Waals surface area contributed by atoms with E-state index >= 15 is 0 Å². The van der Waals surface area contributed by atoms with E-state index < -0.39 is 5.82 Å². The Kier molecular flexibility index (Phi) is 4.23. The van der Waals surface area contributed by atoms with Gasteiger partial charge in [-0.25, -0.2) is 4.39 Å². The topological polar surface area (TPSA) is 12.0 Å². The third kappa shape index (κ3) is 2.89. The number of hydrogen-bond acceptors (Lipinski definition) is 1. The van der Waals surface area contributed by atoms with Crippen molar-refractivity contribution in [3.8, 4) is 0 Å². The van der Waals surface area contributed by atoms with Crippen molar-refractivity contribution in [3.63, 3.8) is 0 Å². The first-order chi connectivity index (χ1) is 6.65. The molecule has 0 aromatic heterocycles. The SMILES string of the molecule is C=CCCNc1c(Cl)cc(F)cc1Cl. The summed E-state index contributed by atoms with van der Waals surface area (Å²) in [5.74, 6) is -0.436. The largest absolute Gasteiger partial charge is 0.382 e. The van der Waals surface area contributed by atoms with E-state index in [-0.39, 0.29) is 0 Å². The van der Waals surface area contributed by atoms with Gasteiger partial charge in [0.15, 0.2) is 0 Å². The quantitative estimate of drug-likeness (QED) is 0.610. The van der Waals surface area contributed by atoms with Gasteiger partial charge in [0.25, 0.3) is 0 Å². The van der Waals surface area contributed by atoms with Crippen molar-refractivity contribution in [1.29, 1.82) is 0 Å². The van der Waals surface area contributed by atoms with E-state index in [2.05, 4.69) is 11.9 Å². The molecule has 0 bridgehead atoms. The van der Waals surface area contributed by atoms with Crippen molar-refractivity contribution in [1.82, 2.24) is 0 Å². The molecule has 1 N–H and O–H groups in total. The van der Waals surface area contributed by atoms with Crippen molar-refractivity contribution in [2.75, 3.05) is 11.9 Å². The average molecular weight is 234 g/mol. The summed E-state index contributed by atoms with van der Waals surface area (Å²) in [5, 5.41) is 3.59. The van der Waals surface area contributed by atoms with E-state index in [1.54, 1.807) is 6.08 Å². The summed E-state index contributed by atoms with van der Waals surface area (Å²) >= 11 is 11.6. The van der Waals surface area contributed by atoms with Crippen LogP contribution in [-0.4, -0.2) is 6.54 Å². The van der Waals surface area contributed by atoms with E-state index in [9.17, 15) is 4.39 Å². The minimum absolute atomic E-state index is 0.291. The number of halogens is 3. The maximum Gasteiger partial charge on any atom is 0.126 e. The molecule has 0 atom stereocenters. The van der Waals surface area contributed by atoms with Crippen LogP contribution in [0.3, 0.4) is 0 Å². The zero-order chi connectivity index (χ0) is 10.6. The lowest BCUT2D eigenvalue weighted by Crippen LogP contribution is -2.01. The molecule has 1 aromatic carbocycles. The first-order valence-electron chi connectivity index (χ1n) is 4.14. The molecule has 0 saturated carbocycles. The van der Waals surface area contributed by atoms with Gasteiger partial charge in [0.05, 0.1) is 15.7 Å². The Hall–Kier alpha value is -0.730. The third-order valence-corrected chi connectivity index (χ3v) is 2.25. The maximum atomic E-state index is 12.8. The summed E-state index contributed by atoms with van der Waals surface area (Å²) in [7, 11) is 0. The molecule has 0 heterocycles. The van der Waals surface area contributed by atoms with Gasteiger partial charge >= 0.3 is 0 Å². The maximum absolute atomic E-state index is 12.8. The van der Waals surface area contributed by atoms with Gasteiger partial charge in [0.2, 0.25) is 0 Å². The summed E-state index contributed by atoms with van der Waals surface area (Å²) in [6.07, 6.45) is 2.57. The Balaban J connectivity index is 2.80. The van der Waals surface area contributed by atoms with Crippen LogP contribution in [0.25, 0.3) is 0 Å². The average Bonchev–Trinajstić information content (AvgIpc) is 2.09. The van der Waals surface area contributed by atoms with Gasteiger partial charge in [0.1, 0.15) is 5.82 Å². The van der Waals surface area contributed by atoms with Crippen LogP contribution in [0, 0.1) is 5.82 Å². The van der Waals surface area contributed by atoms with Crippen molar-refractivity contribution in [2.45, 2.75) is 6.42 Å². The third-order valence-electron chi connectivity index (χ3n) is 1.66. The highest BCUT2D eigenvalue weighted by Gasteiger charge is 2.06. The molecule has 1 nitrogen and oxygen atoms in total.